The largest absolute Gasteiger partial charge is 0.468 e. The molecule has 176 valence electrons. The van der Waals surface area contributed by atoms with Gasteiger partial charge in [-0.2, -0.15) is 0 Å². The highest BCUT2D eigenvalue weighted by Gasteiger charge is 2.42. The van der Waals surface area contributed by atoms with Gasteiger partial charge in [-0.1, -0.05) is 42.5 Å². The number of methoxy groups -OCH3 is 1. The topological polar surface area (TPSA) is 61.9 Å². The number of esters is 1. The normalized spacial score (nSPS) is 22.2. The summed E-state index contributed by atoms with van der Waals surface area (Å²) in [6.07, 6.45) is 3.44. The first-order chi connectivity index (χ1) is 16.0. The number of amides is 1. The van der Waals surface area contributed by atoms with Crippen molar-refractivity contribution in [3.05, 3.63) is 71.5 Å². The standard InChI is InChI=1S/C26H32FN3O3/c1-33-26(32)24-17-20(28-25(31)22-9-5-6-10-23(22)27)18-30(24)21-12-15-29(16-13-21)14-11-19-7-3-2-4-8-19/h2-10,20-21,24H,11-18H2,1H3,(H,28,31)/t20-,24-/m0/s1. The predicted octanol–water partition coefficient (Wildman–Crippen LogP) is 2.88. The van der Waals surface area contributed by atoms with Crippen LogP contribution in [0.1, 0.15) is 35.2 Å². The molecule has 2 aromatic rings. The predicted molar refractivity (Wildman–Crippen MR) is 124 cm³/mol. The molecule has 6 nitrogen and oxygen atoms in total. The number of benzene rings is 2. The average Bonchev–Trinajstić information content (AvgIpc) is 3.27. The van der Waals surface area contributed by atoms with E-state index < -0.39 is 11.7 Å². The second-order valence-electron chi connectivity index (χ2n) is 8.93. The first-order valence-corrected chi connectivity index (χ1v) is 11.7. The maximum absolute atomic E-state index is 14.0. The second-order valence-corrected chi connectivity index (χ2v) is 8.93. The third-order valence-corrected chi connectivity index (χ3v) is 6.85. The highest BCUT2D eigenvalue weighted by molar-refractivity contribution is 5.94. The molecule has 0 aromatic heterocycles. The van der Waals surface area contributed by atoms with Gasteiger partial charge in [0, 0.05) is 25.2 Å². The number of nitrogens with one attached hydrogen (secondary N) is 1. The smallest absolute Gasteiger partial charge is 0.323 e. The van der Waals surface area contributed by atoms with Gasteiger partial charge < -0.3 is 15.0 Å². The summed E-state index contributed by atoms with van der Waals surface area (Å²) in [5.74, 6) is -1.26. The van der Waals surface area contributed by atoms with Crippen LogP contribution in [0.3, 0.4) is 0 Å². The van der Waals surface area contributed by atoms with Crippen molar-refractivity contribution in [3.8, 4) is 0 Å². The molecule has 0 saturated carbocycles. The molecule has 2 aliphatic rings. The molecular weight excluding hydrogens is 421 g/mol. The molecule has 0 radical (unpaired) electrons. The third-order valence-electron chi connectivity index (χ3n) is 6.85. The summed E-state index contributed by atoms with van der Waals surface area (Å²) < 4.78 is 19.1. The fourth-order valence-electron chi connectivity index (χ4n) is 5.05. The molecule has 0 unspecified atom stereocenters. The van der Waals surface area contributed by atoms with Crippen LogP contribution in [0.5, 0.6) is 0 Å². The summed E-state index contributed by atoms with van der Waals surface area (Å²) in [7, 11) is 1.40. The maximum atomic E-state index is 14.0. The Bertz CT molecular complexity index is 947. The molecule has 0 bridgehead atoms. The lowest BCUT2D eigenvalue weighted by Crippen LogP contribution is -2.49. The number of hydrogen-bond acceptors (Lipinski definition) is 5. The van der Waals surface area contributed by atoms with Crippen LogP contribution in [-0.4, -0.2) is 73.1 Å². The minimum absolute atomic E-state index is 0.0253. The molecule has 1 amide bonds. The second kappa shape index (κ2) is 10.9. The van der Waals surface area contributed by atoms with E-state index in [2.05, 4.69) is 39.4 Å². The van der Waals surface area contributed by atoms with Gasteiger partial charge in [0.25, 0.3) is 5.91 Å². The fraction of sp³-hybridized carbons (Fsp3) is 0.462. The number of halogens is 1. The van der Waals surface area contributed by atoms with Crippen LogP contribution >= 0.6 is 0 Å². The Labute approximate surface area is 194 Å². The number of likely N-dealkylation sites (tertiary alicyclic amines) is 2. The van der Waals surface area contributed by atoms with Crippen LogP contribution < -0.4 is 5.32 Å². The summed E-state index contributed by atoms with van der Waals surface area (Å²) in [4.78, 5) is 29.8. The molecule has 1 N–H and O–H groups in total. The van der Waals surface area contributed by atoms with Crippen LogP contribution in [-0.2, 0) is 16.0 Å². The Hall–Kier alpha value is -2.77. The summed E-state index contributed by atoms with van der Waals surface area (Å²) in [5.41, 5.74) is 1.37. The average molecular weight is 454 g/mol. The molecule has 2 aromatic carbocycles. The fourth-order valence-corrected chi connectivity index (χ4v) is 5.05. The highest BCUT2D eigenvalue weighted by Crippen LogP contribution is 2.27. The van der Waals surface area contributed by atoms with E-state index in [1.807, 2.05) is 6.07 Å². The molecule has 2 atom stereocenters. The lowest BCUT2D eigenvalue weighted by molar-refractivity contribution is -0.147. The van der Waals surface area contributed by atoms with Crippen molar-refractivity contribution in [2.45, 2.75) is 43.8 Å². The van der Waals surface area contributed by atoms with Gasteiger partial charge in [-0.15, -0.1) is 0 Å². The zero-order valence-electron chi connectivity index (χ0n) is 19.1. The number of rotatable bonds is 7. The van der Waals surface area contributed by atoms with Gasteiger partial charge in [0.05, 0.1) is 12.7 Å². The maximum Gasteiger partial charge on any atom is 0.323 e. The van der Waals surface area contributed by atoms with E-state index in [9.17, 15) is 14.0 Å². The number of piperidine rings is 1. The number of hydrogen-bond donors (Lipinski definition) is 1. The molecular formula is C26H32FN3O3. The zero-order valence-corrected chi connectivity index (χ0v) is 19.1. The van der Waals surface area contributed by atoms with Crippen LogP contribution in [0.2, 0.25) is 0 Å². The van der Waals surface area contributed by atoms with E-state index in [0.717, 1.165) is 38.9 Å². The van der Waals surface area contributed by atoms with E-state index in [1.54, 1.807) is 12.1 Å². The Kier molecular flexibility index (Phi) is 7.73. The van der Waals surface area contributed by atoms with E-state index in [-0.39, 0.29) is 29.7 Å². The Morgan fingerprint density at radius 3 is 2.45 bits per heavy atom. The van der Waals surface area contributed by atoms with Crippen molar-refractivity contribution in [3.63, 3.8) is 0 Å². The van der Waals surface area contributed by atoms with Gasteiger partial charge in [-0.05, 0) is 56.5 Å². The molecule has 0 aliphatic carbocycles. The molecule has 33 heavy (non-hydrogen) atoms. The Balaban J connectivity index is 1.33. The van der Waals surface area contributed by atoms with Crippen LogP contribution in [0.15, 0.2) is 54.6 Å². The van der Waals surface area contributed by atoms with Crippen molar-refractivity contribution in [2.75, 3.05) is 33.3 Å². The van der Waals surface area contributed by atoms with Crippen molar-refractivity contribution in [1.82, 2.24) is 15.1 Å². The lowest BCUT2D eigenvalue weighted by Gasteiger charge is -2.38. The Morgan fingerprint density at radius 1 is 1.06 bits per heavy atom. The minimum atomic E-state index is -0.544. The molecule has 4 rings (SSSR count). The minimum Gasteiger partial charge on any atom is -0.468 e. The van der Waals surface area contributed by atoms with Gasteiger partial charge in [0.15, 0.2) is 0 Å². The van der Waals surface area contributed by atoms with Gasteiger partial charge in [0.1, 0.15) is 11.9 Å². The lowest BCUT2D eigenvalue weighted by atomic mass is 10.0. The van der Waals surface area contributed by atoms with Crippen LogP contribution in [0, 0.1) is 5.82 Å². The summed E-state index contributed by atoms with van der Waals surface area (Å²) in [6.45, 7) is 3.55. The quantitative estimate of drug-likeness (QED) is 0.654. The molecule has 7 heteroatoms. The van der Waals surface area contributed by atoms with Crippen molar-refractivity contribution in [1.29, 1.82) is 0 Å². The van der Waals surface area contributed by atoms with Crippen molar-refractivity contribution >= 4 is 11.9 Å². The first kappa shape index (κ1) is 23.4. The van der Waals surface area contributed by atoms with Gasteiger partial charge in [0.2, 0.25) is 0 Å². The molecule has 2 heterocycles. The van der Waals surface area contributed by atoms with E-state index in [1.165, 1.54) is 24.8 Å². The van der Waals surface area contributed by atoms with Gasteiger partial charge >= 0.3 is 5.97 Å². The molecule has 2 fully saturated rings. The SMILES string of the molecule is COC(=O)[C@@H]1C[C@H](NC(=O)c2ccccc2F)CN1C1CCN(CCc2ccccc2)CC1. The zero-order chi connectivity index (χ0) is 23.2. The van der Waals surface area contributed by atoms with E-state index in [0.29, 0.717) is 13.0 Å². The highest BCUT2D eigenvalue weighted by atomic mass is 19.1. The number of ether oxygens (including phenoxy) is 1. The summed E-state index contributed by atoms with van der Waals surface area (Å²) in [5, 5.41) is 2.92. The van der Waals surface area contributed by atoms with Crippen LogP contribution in [0.4, 0.5) is 4.39 Å². The number of nitrogens with zero attached hydrogens (tertiary/aromatic N) is 2. The third kappa shape index (κ3) is 5.78. The van der Waals surface area contributed by atoms with Gasteiger partial charge in [-0.3, -0.25) is 14.5 Å². The van der Waals surface area contributed by atoms with Gasteiger partial charge in [-0.25, -0.2) is 4.39 Å². The van der Waals surface area contributed by atoms with Crippen molar-refractivity contribution in [2.24, 2.45) is 0 Å². The molecule has 0 spiro atoms. The molecule has 2 saturated heterocycles. The first-order valence-electron chi connectivity index (χ1n) is 11.7. The summed E-state index contributed by atoms with van der Waals surface area (Å²) in [6, 6.07) is 16.1. The van der Waals surface area contributed by atoms with Crippen LogP contribution in [0.25, 0.3) is 0 Å². The van der Waals surface area contributed by atoms with E-state index in [4.69, 9.17) is 4.74 Å². The number of carbonyl (C=O) groups is 2. The molecule has 2 aliphatic heterocycles. The van der Waals surface area contributed by atoms with E-state index >= 15 is 0 Å². The number of carbonyl (C=O) groups excluding carboxylic acids is 2. The Morgan fingerprint density at radius 2 is 1.76 bits per heavy atom. The monoisotopic (exact) mass is 453 g/mol. The van der Waals surface area contributed by atoms with Crippen molar-refractivity contribution < 1.29 is 18.7 Å². The summed E-state index contributed by atoms with van der Waals surface area (Å²) >= 11 is 0.